The van der Waals surface area contributed by atoms with Crippen molar-refractivity contribution in [1.29, 1.82) is 0 Å². The Bertz CT molecular complexity index is 1730. The average Bonchev–Trinajstić information content (AvgIpc) is 3.38. The van der Waals surface area contributed by atoms with Crippen molar-refractivity contribution in [3.63, 3.8) is 0 Å². The number of ether oxygens (including phenoxy) is 2. The Hall–Kier alpha value is -4.52. The number of methoxy groups -OCH3 is 2. The van der Waals surface area contributed by atoms with Gasteiger partial charge >= 0.3 is 5.97 Å². The van der Waals surface area contributed by atoms with Crippen molar-refractivity contribution in [1.82, 2.24) is 9.55 Å². The monoisotopic (exact) mass is 584 g/mol. The van der Waals surface area contributed by atoms with Crippen LogP contribution in [-0.2, 0) is 6.54 Å². The molecule has 206 valence electrons. The zero-order valence-corrected chi connectivity index (χ0v) is 23.9. The lowest BCUT2D eigenvalue weighted by Crippen LogP contribution is -2.02. The topological polar surface area (TPSA) is 73.6 Å². The van der Waals surface area contributed by atoms with Crippen LogP contribution in [0.1, 0.15) is 27.3 Å². The number of hydrogen-bond donors (Lipinski definition) is 1. The first-order valence-corrected chi connectivity index (χ1v) is 13.5. The Labute approximate surface area is 248 Å². The Balaban J connectivity index is 1.53. The van der Waals surface area contributed by atoms with Crippen molar-refractivity contribution in [2.75, 3.05) is 14.2 Å². The molecule has 0 aliphatic rings. The third kappa shape index (κ3) is 6.46. The number of benzene rings is 4. The molecule has 0 unspecified atom stereocenters. The van der Waals surface area contributed by atoms with Gasteiger partial charge < -0.3 is 19.1 Å². The number of carbonyl (C=O) groups is 1. The van der Waals surface area contributed by atoms with E-state index in [0.29, 0.717) is 28.1 Å². The maximum absolute atomic E-state index is 11.3. The predicted molar refractivity (Wildman–Crippen MR) is 164 cm³/mol. The summed E-state index contributed by atoms with van der Waals surface area (Å²) in [5.74, 6) is 1.24. The van der Waals surface area contributed by atoms with Gasteiger partial charge in [-0.3, -0.25) is 0 Å². The molecule has 1 aromatic heterocycles. The van der Waals surface area contributed by atoms with Crippen LogP contribution in [0.2, 0.25) is 10.0 Å². The number of aromatic nitrogens is 2. The maximum Gasteiger partial charge on any atom is 0.335 e. The summed E-state index contributed by atoms with van der Waals surface area (Å²) in [5.41, 5.74) is 5.56. The molecule has 0 amide bonds. The normalized spacial score (nSPS) is 11.1. The quantitative estimate of drug-likeness (QED) is 0.188. The van der Waals surface area contributed by atoms with Gasteiger partial charge in [0.1, 0.15) is 17.3 Å². The van der Waals surface area contributed by atoms with Crippen molar-refractivity contribution in [3.05, 3.63) is 124 Å². The van der Waals surface area contributed by atoms with Gasteiger partial charge in [0.2, 0.25) is 0 Å². The van der Waals surface area contributed by atoms with Crippen molar-refractivity contribution in [2.45, 2.75) is 6.54 Å². The smallest absolute Gasteiger partial charge is 0.335 e. The van der Waals surface area contributed by atoms with Gasteiger partial charge in [-0.15, -0.1) is 0 Å². The lowest BCUT2D eigenvalue weighted by molar-refractivity contribution is 0.0697. The highest BCUT2D eigenvalue weighted by molar-refractivity contribution is 6.36. The van der Waals surface area contributed by atoms with E-state index in [4.69, 9.17) is 37.7 Å². The van der Waals surface area contributed by atoms with Crippen LogP contribution in [-0.4, -0.2) is 34.8 Å². The van der Waals surface area contributed by atoms with Crippen LogP contribution < -0.4 is 9.47 Å². The third-order valence-corrected chi connectivity index (χ3v) is 7.18. The van der Waals surface area contributed by atoms with E-state index >= 15 is 0 Å². The molecule has 1 N–H and O–H groups in total. The molecular formula is C33H26Cl2N2O4. The molecule has 1 heterocycles. The zero-order chi connectivity index (χ0) is 28.9. The minimum atomic E-state index is -0.965. The summed E-state index contributed by atoms with van der Waals surface area (Å²) < 4.78 is 12.9. The molecule has 0 fully saturated rings. The van der Waals surface area contributed by atoms with Crippen molar-refractivity contribution in [2.24, 2.45) is 0 Å². The first-order chi connectivity index (χ1) is 19.8. The van der Waals surface area contributed by atoms with Crippen LogP contribution in [0.5, 0.6) is 11.5 Å². The van der Waals surface area contributed by atoms with Crippen molar-refractivity contribution >= 4 is 41.3 Å². The Morgan fingerprint density at radius 3 is 2.27 bits per heavy atom. The Morgan fingerprint density at radius 1 is 0.878 bits per heavy atom. The molecule has 0 aliphatic carbocycles. The minimum Gasteiger partial charge on any atom is -0.497 e. The first kappa shape index (κ1) is 28.0. The number of halogens is 2. The summed E-state index contributed by atoms with van der Waals surface area (Å²) in [6, 6.07) is 26.0. The summed E-state index contributed by atoms with van der Waals surface area (Å²) in [4.78, 5) is 16.2. The van der Waals surface area contributed by atoms with Gasteiger partial charge in [0.25, 0.3) is 0 Å². The highest BCUT2D eigenvalue weighted by Gasteiger charge is 2.13. The molecule has 0 saturated carbocycles. The van der Waals surface area contributed by atoms with E-state index in [0.717, 1.165) is 39.3 Å². The number of carboxylic acids is 1. The van der Waals surface area contributed by atoms with Crippen LogP contribution in [0.25, 0.3) is 34.5 Å². The van der Waals surface area contributed by atoms with Gasteiger partial charge in [0.15, 0.2) is 0 Å². The molecule has 0 saturated heterocycles. The summed E-state index contributed by atoms with van der Waals surface area (Å²) in [6.07, 6.45) is 5.81. The number of rotatable bonds is 9. The van der Waals surface area contributed by atoms with Crippen LogP contribution in [0, 0.1) is 0 Å². The van der Waals surface area contributed by atoms with Gasteiger partial charge in [-0.2, -0.15) is 0 Å². The van der Waals surface area contributed by atoms with E-state index in [1.807, 2.05) is 65.4 Å². The molecule has 0 radical (unpaired) electrons. The van der Waals surface area contributed by atoms with Crippen LogP contribution in [0.15, 0.2) is 91.1 Å². The van der Waals surface area contributed by atoms with Crippen LogP contribution in [0.4, 0.5) is 0 Å². The molecule has 0 spiro atoms. The van der Waals surface area contributed by atoms with Crippen LogP contribution in [0.3, 0.4) is 0 Å². The Morgan fingerprint density at radius 2 is 1.61 bits per heavy atom. The molecule has 41 heavy (non-hydrogen) atoms. The number of carboxylic acid groups (broad SMARTS) is 1. The molecule has 5 rings (SSSR count). The zero-order valence-electron chi connectivity index (χ0n) is 22.3. The molecule has 6 nitrogen and oxygen atoms in total. The molecule has 0 aliphatic heterocycles. The second kappa shape index (κ2) is 12.3. The molecule has 0 atom stereocenters. The van der Waals surface area contributed by atoms with Gasteiger partial charge in [0.05, 0.1) is 30.5 Å². The maximum atomic E-state index is 11.3. The SMILES string of the molecule is COc1ccc(-c2ccc(OC)c(/C=C/c3nc(-c4ccc(Cl)cc4Cl)cn3Cc3ccc(C(=O)O)cc3)c2)cc1. The summed E-state index contributed by atoms with van der Waals surface area (Å²) in [5, 5.41) is 10.3. The van der Waals surface area contributed by atoms with E-state index in [9.17, 15) is 9.90 Å². The summed E-state index contributed by atoms with van der Waals surface area (Å²) >= 11 is 12.6. The second-order valence-corrected chi connectivity index (χ2v) is 10.1. The van der Waals surface area contributed by atoms with E-state index in [1.54, 1.807) is 50.6 Å². The van der Waals surface area contributed by atoms with E-state index in [1.165, 1.54) is 0 Å². The number of nitrogens with zero attached hydrogens (tertiary/aromatic N) is 2. The van der Waals surface area contributed by atoms with Gasteiger partial charge in [-0.1, -0.05) is 53.5 Å². The molecule has 8 heteroatoms. The molecular weight excluding hydrogens is 559 g/mol. The Kier molecular flexibility index (Phi) is 8.43. The third-order valence-electron chi connectivity index (χ3n) is 6.63. The molecule has 4 aromatic carbocycles. The largest absolute Gasteiger partial charge is 0.497 e. The summed E-state index contributed by atoms with van der Waals surface area (Å²) in [6.45, 7) is 0.473. The number of imidazole rings is 1. The van der Waals surface area contributed by atoms with Crippen LogP contribution >= 0.6 is 23.2 Å². The standard InChI is InChI=1S/C33H26Cl2N2O4/c1-40-27-12-7-22(8-13-27)24-9-15-31(41-2)25(17-24)10-16-32-36-30(28-14-11-26(34)18-29(28)35)20-37(32)19-21-3-5-23(6-4-21)33(38)39/h3-18,20H,19H2,1-2H3,(H,38,39)/b16-10+. The first-order valence-electron chi connectivity index (χ1n) is 12.7. The van der Waals surface area contributed by atoms with E-state index in [2.05, 4.69) is 6.07 Å². The highest BCUT2D eigenvalue weighted by atomic mass is 35.5. The minimum absolute atomic E-state index is 0.233. The fourth-order valence-corrected chi connectivity index (χ4v) is 4.96. The lowest BCUT2D eigenvalue weighted by Gasteiger charge is -2.09. The van der Waals surface area contributed by atoms with Crippen molar-refractivity contribution in [3.8, 4) is 33.9 Å². The van der Waals surface area contributed by atoms with Crippen molar-refractivity contribution < 1.29 is 19.4 Å². The summed E-state index contributed by atoms with van der Waals surface area (Å²) in [7, 11) is 3.29. The fraction of sp³-hybridized carbons (Fsp3) is 0.0909. The number of hydrogen-bond acceptors (Lipinski definition) is 4. The van der Waals surface area contributed by atoms with Gasteiger partial charge in [-0.05, 0) is 83.4 Å². The van der Waals surface area contributed by atoms with E-state index < -0.39 is 5.97 Å². The van der Waals surface area contributed by atoms with E-state index in [-0.39, 0.29) is 5.56 Å². The fourth-order valence-electron chi connectivity index (χ4n) is 4.46. The van der Waals surface area contributed by atoms with Gasteiger partial charge in [0, 0.05) is 28.9 Å². The predicted octanol–water partition coefficient (Wildman–Crippen LogP) is 8.46. The highest BCUT2D eigenvalue weighted by Crippen LogP contribution is 2.32. The number of aromatic carboxylic acids is 1. The average molecular weight is 585 g/mol. The lowest BCUT2D eigenvalue weighted by atomic mass is 10.0. The molecule has 5 aromatic rings. The van der Waals surface area contributed by atoms with Gasteiger partial charge in [-0.25, -0.2) is 9.78 Å². The molecule has 0 bridgehead atoms. The second-order valence-electron chi connectivity index (χ2n) is 9.26.